The van der Waals surface area contributed by atoms with E-state index in [0.717, 1.165) is 17.8 Å². The minimum Gasteiger partial charge on any atom is -0.237 e. The lowest BCUT2D eigenvalue weighted by Gasteiger charge is -1.96. The summed E-state index contributed by atoms with van der Waals surface area (Å²) in [6.45, 7) is 2.00. The number of thiophene rings is 1. The first-order chi connectivity index (χ1) is 7.11. The van der Waals surface area contributed by atoms with Crippen molar-refractivity contribution in [1.82, 2.24) is 9.78 Å². The summed E-state index contributed by atoms with van der Waals surface area (Å²) in [6.07, 6.45) is 2.53. The predicted molar refractivity (Wildman–Crippen MR) is 65.8 cm³/mol. The maximum Gasteiger partial charge on any atom is 0.120 e. The number of hydrogen-bond acceptors (Lipinski definition) is 2. The molecule has 0 aliphatic heterocycles. The van der Waals surface area contributed by atoms with E-state index >= 15 is 0 Å². The van der Waals surface area contributed by atoms with Gasteiger partial charge in [0, 0.05) is 6.20 Å². The lowest BCUT2D eigenvalue weighted by Crippen LogP contribution is -1.94. The molecule has 0 spiro atoms. The van der Waals surface area contributed by atoms with Crippen LogP contribution >= 0.6 is 46.1 Å². The highest BCUT2D eigenvalue weighted by Gasteiger charge is 2.11. The lowest BCUT2D eigenvalue weighted by molar-refractivity contribution is 0.844. The van der Waals surface area contributed by atoms with Gasteiger partial charge in [-0.2, -0.15) is 5.10 Å². The third-order valence-corrected chi connectivity index (χ3v) is 3.74. The summed E-state index contributed by atoms with van der Waals surface area (Å²) in [5.41, 5.74) is 1.63. The van der Waals surface area contributed by atoms with Crippen LogP contribution in [-0.2, 0) is 6.42 Å². The average molecular weight is 282 g/mol. The van der Waals surface area contributed by atoms with E-state index in [1.165, 1.54) is 11.3 Å². The van der Waals surface area contributed by atoms with Gasteiger partial charge in [0.25, 0.3) is 0 Å². The van der Waals surface area contributed by atoms with Crippen LogP contribution < -0.4 is 0 Å². The summed E-state index contributed by atoms with van der Waals surface area (Å²) in [5.74, 6) is 0. The number of aryl methyl sites for hydroxylation is 1. The minimum atomic E-state index is 0.613. The molecule has 0 radical (unpaired) electrons. The highest BCUT2D eigenvalue weighted by atomic mass is 35.5. The summed E-state index contributed by atoms with van der Waals surface area (Å²) >= 11 is 19.2. The van der Waals surface area contributed by atoms with E-state index in [2.05, 4.69) is 5.10 Å². The number of hydrogen-bond donors (Lipinski definition) is 0. The van der Waals surface area contributed by atoms with Gasteiger partial charge in [0.1, 0.15) is 4.34 Å². The molecule has 0 fully saturated rings. The van der Waals surface area contributed by atoms with Crippen molar-refractivity contribution in [2.24, 2.45) is 0 Å². The molecule has 2 heterocycles. The first-order valence-electron chi connectivity index (χ1n) is 4.31. The molecule has 2 aromatic rings. The summed E-state index contributed by atoms with van der Waals surface area (Å²) in [7, 11) is 0. The van der Waals surface area contributed by atoms with Gasteiger partial charge in [0.2, 0.25) is 0 Å². The van der Waals surface area contributed by atoms with Crippen molar-refractivity contribution >= 4 is 46.1 Å². The number of nitrogens with zero attached hydrogens (tertiary/aromatic N) is 2. The van der Waals surface area contributed by atoms with Crippen molar-refractivity contribution in [3.63, 3.8) is 0 Å². The molecule has 6 heteroatoms. The van der Waals surface area contributed by atoms with Crippen molar-refractivity contribution in [1.29, 1.82) is 0 Å². The molecule has 0 saturated heterocycles. The predicted octanol–water partition coefficient (Wildman–Crippen LogP) is 4.46. The van der Waals surface area contributed by atoms with Crippen molar-refractivity contribution < 1.29 is 0 Å². The first kappa shape index (κ1) is 11.3. The van der Waals surface area contributed by atoms with Crippen LogP contribution in [0.5, 0.6) is 0 Å². The molecule has 0 N–H and O–H groups in total. The molecule has 0 aliphatic carbocycles. The number of aromatic nitrogens is 2. The van der Waals surface area contributed by atoms with Gasteiger partial charge in [-0.25, -0.2) is 4.68 Å². The summed E-state index contributed by atoms with van der Waals surface area (Å²) < 4.78 is 2.91. The van der Waals surface area contributed by atoms with Gasteiger partial charge in [0.15, 0.2) is 0 Å². The second-order valence-corrected chi connectivity index (χ2v) is 5.62. The third kappa shape index (κ3) is 2.16. The Hall–Kier alpha value is -0.220. The first-order valence-corrected chi connectivity index (χ1v) is 6.26. The van der Waals surface area contributed by atoms with Crippen molar-refractivity contribution in [2.45, 2.75) is 13.3 Å². The molecule has 2 aromatic heterocycles. The standard InChI is InChI=1S/C9H7Cl3N2S/c1-2-6-5(10)4-14(13-6)7-3-8(11)15-9(7)12/h3-4H,2H2,1H3. The molecule has 2 rings (SSSR count). The van der Waals surface area contributed by atoms with Crippen molar-refractivity contribution in [2.75, 3.05) is 0 Å². The Morgan fingerprint density at radius 3 is 2.60 bits per heavy atom. The molecule has 2 nitrogen and oxygen atoms in total. The van der Waals surface area contributed by atoms with Gasteiger partial charge < -0.3 is 0 Å². The molecular formula is C9H7Cl3N2S. The molecule has 0 unspecified atom stereocenters. The Morgan fingerprint density at radius 2 is 2.13 bits per heavy atom. The van der Waals surface area contributed by atoms with E-state index in [1.54, 1.807) is 16.9 Å². The monoisotopic (exact) mass is 280 g/mol. The molecule has 0 aliphatic rings. The Kier molecular flexibility index (Phi) is 3.26. The van der Waals surface area contributed by atoms with Gasteiger partial charge in [-0.15, -0.1) is 11.3 Å². The maximum absolute atomic E-state index is 6.01. The zero-order valence-corrected chi connectivity index (χ0v) is 10.9. The van der Waals surface area contributed by atoms with E-state index in [-0.39, 0.29) is 0 Å². The second-order valence-electron chi connectivity index (χ2n) is 2.93. The van der Waals surface area contributed by atoms with Crippen LogP contribution in [0.3, 0.4) is 0 Å². The Labute approximate surface area is 106 Å². The van der Waals surface area contributed by atoms with E-state index in [0.29, 0.717) is 13.7 Å². The fraction of sp³-hybridized carbons (Fsp3) is 0.222. The Balaban J connectivity index is 2.49. The van der Waals surface area contributed by atoms with Crippen molar-refractivity contribution in [3.8, 4) is 5.69 Å². The van der Waals surface area contributed by atoms with Gasteiger partial charge in [0.05, 0.1) is 20.7 Å². The quantitative estimate of drug-likeness (QED) is 0.795. The maximum atomic E-state index is 6.01. The molecule has 0 aromatic carbocycles. The summed E-state index contributed by atoms with van der Waals surface area (Å²) in [6, 6.07) is 1.78. The minimum absolute atomic E-state index is 0.613. The average Bonchev–Trinajstić information content (AvgIpc) is 2.69. The molecule has 0 amide bonds. The molecular weight excluding hydrogens is 275 g/mol. The van der Waals surface area contributed by atoms with Gasteiger partial charge in [-0.05, 0) is 12.5 Å². The largest absolute Gasteiger partial charge is 0.237 e. The third-order valence-electron chi connectivity index (χ3n) is 1.96. The van der Waals surface area contributed by atoms with Crippen LogP contribution in [0, 0.1) is 0 Å². The van der Waals surface area contributed by atoms with Crippen LogP contribution in [-0.4, -0.2) is 9.78 Å². The smallest absolute Gasteiger partial charge is 0.120 e. The van der Waals surface area contributed by atoms with Gasteiger partial charge in [-0.1, -0.05) is 41.7 Å². The van der Waals surface area contributed by atoms with Gasteiger partial charge >= 0.3 is 0 Å². The fourth-order valence-corrected chi connectivity index (χ4v) is 2.95. The highest BCUT2D eigenvalue weighted by Crippen LogP contribution is 2.34. The van der Waals surface area contributed by atoms with Crippen LogP contribution in [0.1, 0.15) is 12.6 Å². The number of halogens is 3. The summed E-state index contributed by atoms with van der Waals surface area (Å²) in [4.78, 5) is 0. The zero-order valence-electron chi connectivity index (χ0n) is 7.80. The molecule has 80 valence electrons. The van der Waals surface area contributed by atoms with E-state index < -0.39 is 0 Å². The molecule has 0 saturated carbocycles. The molecule has 0 atom stereocenters. The Bertz CT molecular complexity index is 490. The van der Waals surface area contributed by atoms with Gasteiger partial charge in [-0.3, -0.25) is 0 Å². The molecule has 15 heavy (non-hydrogen) atoms. The van der Waals surface area contributed by atoms with Crippen LogP contribution in [0.4, 0.5) is 0 Å². The fourth-order valence-electron chi connectivity index (χ4n) is 1.24. The lowest BCUT2D eigenvalue weighted by atomic mass is 10.3. The summed E-state index contributed by atoms with van der Waals surface area (Å²) in [5, 5.41) is 4.97. The SMILES string of the molecule is CCc1nn(-c2cc(Cl)sc2Cl)cc1Cl. The van der Waals surface area contributed by atoms with E-state index in [1.807, 2.05) is 6.92 Å². The second kappa shape index (κ2) is 4.34. The van der Waals surface area contributed by atoms with E-state index in [4.69, 9.17) is 34.8 Å². The van der Waals surface area contributed by atoms with Crippen LogP contribution in [0.15, 0.2) is 12.3 Å². The van der Waals surface area contributed by atoms with Crippen LogP contribution in [0.25, 0.3) is 5.69 Å². The topological polar surface area (TPSA) is 17.8 Å². The molecule has 0 bridgehead atoms. The normalized spacial score (nSPS) is 10.9. The highest BCUT2D eigenvalue weighted by molar-refractivity contribution is 7.20. The van der Waals surface area contributed by atoms with E-state index in [9.17, 15) is 0 Å². The zero-order chi connectivity index (χ0) is 11.0. The Morgan fingerprint density at radius 1 is 1.40 bits per heavy atom. The number of rotatable bonds is 2. The van der Waals surface area contributed by atoms with Crippen molar-refractivity contribution in [3.05, 3.63) is 31.7 Å². The van der Waals surface area contributed by atoms with Crippen LogP contribution in [0.2, 0.25) is 13.7 Å².